The van der Waals surface area contributed by atoms with Crippen molar-refractivity contribution in [3.63, 3.8) is 0 Å². The summed E-state index contributed by atoms with van der Waals surface area (Å²) in [4.78, 5) is 54.5. The highest BCUT2D eigenvalue weighted by molar-refractivity contribution is 6.07. The summed E-state index contributed by atoms with van der Waals surface area (Å²) in [5.41, 5.74) is -0.718. The minimum Gasteiger partial charge on any atom is -0.389 e. The van der Waals surface area contributed by atoms with E-state index in [9.17, 15) is 24.3 Å². The van der Waals surface area contributed by atoms with E-state index in [1.165, 1.54) is 4.90 Å². The van der Waals surface area contributed by atoms with Crippen LogP contribution in [0, 0.1) is 0 Å². The van der Waals surface area contributed by atoms with Gasteiger partial charge < -0.3 is 20.6 Å². The molecule has 10 heteroatoms. The Labute approximate surface area is 188 Å². The second-order valence-corrected chi connectivity index (χ2v) is 9.66. The average Bonchev–Trinajstić information content (AvgIpc) is 3.33. The Morgan fingerprint density at radius 3 is 2.66 bits per heavy atom. The molecule has 4 fully saturated rings. The third-order valence-electron chi connectivity index (χ3n) is 7.69. The number of amides is 5. The highest BCUT2D eigenvalue weighted by Gasteiger charge is 2.52. The Balaban J connectivity index is 1.28. The molecule has 10 nitrogen and oxygen atoms in total. The number of rotatable bonds is 6. The van der Waals surface area contributed by atoms with Gasteiger partial charge >= 0.3 is 6.03 Å². The third kappa shape index (κ3) is 4.34. The number of hydrogen-bond acceptors (Lipinski definition) is 6. The van der Waals surface area contributed by atoms with Gasteiger partial charge in [-0.1, -0.05) is 12.8 Å². The van der Waals surface area contributed by atoms with Gasteiger partial charge in [-0.25, -0.2) is 4.79 Å². The molecule has 1 spiro atoms. The number of nitrogens with zero attached hydrogens (tertiary/aromatic N) is 3. The van der Waals surface area contributed by atoms with Crippen molar-refractivity contribution in [2.45, 2.75) is 81.5 Å². The first-order valence-electron chi connectivity index (χ1n) is 11.9. The fourth-order valence-corrected chi connectivity index (χ4v) is 5.84. The molecule has 0 radical (unpaired) electrons. The van der Waals surface area contributed by atoms with Gasteiger partial charge in [0, 0.05) is 39.1 Å². The number of carbonyl (C=O) groups is 4. The van der Waals surface area contributed by atoms with E-state index in [0.717, 1.165) is 32.1 Å². The molecule has 32 heavy (non-hydrogen) atoms. The monoisotopic (exact) mass is 449 g/mol. The standard InChI is InChI=1S/C22H35N5O5/c1-25(15-6-4-7-16(19(15)30)26-13-11-23-17(28)14-26)18(29)8-5-12-27-20(31)22(24-21(27)32)9-2-3-10-22/h15-16,19,30H,2-14H2,1H3,(H,23,28)(H,24,32)/t15-,16-,19-/m1/s1. The van der Waals surface area contributed by atoms with Crippen molar-refractivity contribution in [2.75, 3.05) is 33.2 Å². The third-order valence-corrected chi connectivity index (χ3v) is 7.69. The molecule has 0 aromatic carbocycles. The Morgan fingerprint density at radius 1 is 1.19 bits per heavy atom. The van der Waals surface area contributed by atoms with E-state index in [1.807, 2.05) is 4.90 Å². The van der Waals surface area contributed by atoms with E-state index >= 15 is 0 Å². The Hall–Kier alpha value is -2.20. The van der Waals surface area contributed by atoms with Crippen molar-refractivity contribution < 1.29 is 24.3 Å². The van der Waals surface area contributed by atoms with Gasteiger partial charge in [0.2, 0.25) is 11.8 Å². The SMILES string of the molecule is CN(C(=O)CCCN1C(=O)NC2(CCCC2)C1=O)[C@@H]1CCC[C@@H](N2CCNC(=O)C2)[C@@H]1O. The second-order valence-electron chi connectivity index (χ2n) is 9.66. The first-order chi connectivity index (χ1) is 15.3. The molecule has 4 aliphatic rings. The van der Waals surface area contributed by atoms with Gasteiger partial charge in [0.25, 0.3) is 5.91 Å². The predicted molar refractivity (Wildman–Crippen MR) is 115 cm³/mol. The van der Waals surface area contributed by atoms with Crippen LogP contribution in [0.2, 0.25) is 0 Å². The topological polar surface area (TPSA) is 122 Å². The van der Waals surface area contributed by atoms with Crippen LogP contribution in [0.25, 0.3) is 0 Å². The van der Waals surface area contributed by atoms with Gasteiger partial charge in [-0.05, 0) is 38.5 Å². The second kappa shape index (κ2) is 9.35. The normalized spacial score (nSPS) is 30.5. The lowest BCUT2D eigenvalue weighted by Gasteiger charge is -2.45. The molecule has 178 valence electrons. The fourth-order valence-electron chi connectivity index (χ4n) is 5.84. The summed E-state index contributed by atoms with van der Waals surface area (Å²) < 4.78 is 0. The molecule has 0 aromatic rings. The minimum absolute atomic E-state index is 0.0325. The molecule has 0 aromatic heterocycles. The van der Waals surface area contributed by atoms with Crippen LogP contribution in [0.15, 0.2) is 0 Å². The van der Waals surface area contributed by atoms with Crippen molar-refractivity contribution in [1.82, 2.24) is 25.3 Å². The number of carbonyl (C=O) groups excluding carboxylic acids is 4. The van der Waals surface area contributed by atoms with Gasteiger partial charge in [0.15, 0.2) is 0 Å². The zero-order chi connectivity index (χ0) is 22.9. The molecule has 3 N–H and O–H groups in total. The molecular formula is C22H35N5O5. The first kappa shape index (κ1) is 23.0. The summed E-state index contributed by atoms with van der Waals surface area (Å²) >= 11 is 0. The summed E-state index contributed by atoms with van der Waals surface area (Å²) in [5, 5.41) is 16.7. The van der Waals surface area contributed by atoms with Gasteiger partial charge in [0.1, 0.15) is 5.54 Å². The number of imide groups is 1. The summed E-state index contributed by atoms with van der Waals surface area (Å²) in [7, 11) is 1.71. The molecule has 0 bridgehead atoms. The van der Waals surface area contributed by atoms with E-state index in [1.54, 1.807) is 11.9 Å². The molecule has 2 heterocycles. The number of piperazine rings is 1. The first-order valence-corrected chi connectivity index (χ1v) is 11.9. The van der Waals surface area contributed by atoms with Crippen LogP contribution in [-0.2, 0) is 14.4 Å². The lowest BCUT2D eigenvalue weighted by Crippen LogP contribution is -2.61. The largest absolute Gasteiger partial charge is 0.389 e. The Kier molecular flexibility index (Phi) is 6.71. The summed E-state index contributed by atoms with van der Waals surface area (Å²) in [6.45, 7) is 1.78. The Morgan fingerprint density at radius 2 is 1.94 bits per heavy atom. The molecular weight excluding hydrogens is 414 g/mol. The van der Waals surface area contributed by atoms with E-state index < -0.39 is 11.6 Å². The van der Waals surface area contributed by atoms with Crippen molar-refractivity contribution in [1.29, 1.82) is 0 Å². The van der Waals surface area contributed by atoms with Gasteiger partial charge in [-0.3, -0.25) is 24.2 Å². The molecule has 4 rings (SSSR count). The molecule has 2 saturated carbocycles. The number of likely N-dealkylation sites (N-methyl/N-ethyl adjacent to an activating group) is 1. The van der Waals surface area contributed by atoms with Crippen molar-refractivity contribution in [3.8, 4) is 0 Å². The van der Waals surface area contributed by atoms with Crippen molar-refractivity contribution in [3.05, 3.63) is 0 Å². The number of nitrogens with one attached hydrogen (secondary N) is 2. The summed E-state index contributed by atoms with van der Waals surface area (Å²) in [6.07, 6.45) is 5.56. The quantitative estimate of drug-likeness (QED) is 0.483. The van der Waals surface area contributed by atoms with E-state index in [4.69, 9.17) is 0 Å². The van der Waals surface area contributed by atoms with Crippen LogP contribution in [0.4, 0.5) is 4.79 Å². The van der Waals surface area contributed by atoms with Crippen LogP contribution >= 0.6 is 0 Å². The van der Waals surface area contributed by atoms with Crippen molar-refractivity contribution in [2.24, 2.45) is 0 Å². The zero-order valence-electron chi connectivity index (χ0n) is 18.8. The van der Waals surface area contributed by atoms with E-state index in [2.05, 4.69) is 10.6 Å². The highest BCUT2D eigenvalue weighted by Crippen LogP contribution is 2.35. The minimum atomic E-state index is -0.718. The molecule has 0 unspecified atom stereocenters. The van der Waals surface area contributed by atoms with Crippen LogP contribution in [-0.4, -0.2) is 101 Å². The van der Waals surface area contributed by atoms with Crippen LogP contribution in [0.5, 0.6) is 0 Å². The smallest absolute Gasteiger partial charge is 0.325 e. The lowest BCUT2D eigenvalue weighted by atomic mass is 9.85. The number of aliphatic hydroxyl groups excluding tert-OH is 1. The molecule has 2 aliphatic carbocycles. The highest BCUT2D eigenvalue weighted by atomic mass is 16.3. The van der Waals surface area contributed by atoms with Crippen LogP contribution in [0.1, 0.15) is 57.8 Å². The summed E-state index contributed by atoms with van der Waals surface area (Å²) in [5.74, 6) is -0.291. The number of hydrogen-bond donors (Lipinski definition) is 3. The molecule has 2 saturated heterocycles. The summed E-state index contributed by atoms with van der Waals surface area (Å²) in [6, 6.07) is -0.790. The van der Waals surface area contributed by atoms with Crippen LogP contribution in [0.3, 0.4) is 0 Å². The van der Waals surface area contributed by atoms with E-state index in [-0.39, 0.29) is 55.3 Å². The molecule has 3 atom stereocenters. The van der Waals surface area contributed by atoms with Crippen molar-refractivity contribution >= 4 is 23.8 Å². The maximum atomic E-state index is 12.8. The maximum absolute atomic E-state index is 12.8. The maximum Gasteiger partial charge on any atom is 0.325 e. The number of urea groups is 1. The van der Waals surface area contributed by atoms with Crippen LogP contribution < -0.4 is 10.6 Å². The Bertz CT molecular complexity index is 768. The average molecular weight is 450 g/mol. The van der Waals surface area contributed by atoms with Gasteiger partial charge in [-0.2, -0.15) is 0 Å². The number of aliphatic hydroxyl groups is 1. The van der Waals surface area contributed by atoms with Gasteiger partial charge in [-0.15, -0.1) is 0 Å². The lowest BCUT2D eigenvalue weighted by molar-refractivity contribution is -0.139. The molecule has 2 aliphatic heterocycles. The van der Waals surface area contributed by atoms with E-state index in [0.29, 0.717) is 32.4 Å². The molecule has 5 amide bonds. The van der Waals surface area contributed by atoms with Gasteiger partial charge in [0.05, 0.1) is 18.7 Å². The fraction of sp³-hybridized carbons (Fsp3) is 0.818. The predicted octanol–water partition coefficient (Wildman–Crippen LogP) is -0.197. The zero-order valence-corrected chi connectivity index (χ0v) is 18.8.